The first kappa shape index (κ1) is 22.5. The molecule has 1 atom stereocenters. The van der Waals surface area contributed by atoms with Crippen LogP contribution in [0, 0.1) is 0 Å². The molecular weight excluding hydrogens is 458 g/mol. The number of aromatic nitrogens is 4. The Morgan fingerprint density at radius 2 is 1.91 bits per heavy atom. The molecule has 0 aliphatic carbocycles. The number of pyridine rings is 2. The van der Waals surface area contributed by atoms with Crippen LogP contribution in [0.3, 0.4) is 0 Å². The minimum absolute atomic E-state index is 0.117. The van der Waals surface area contributed by atoms with Crippen LogP contribution in [0.25, 0.3) is 11.0 Å². The van der Waals surface area contributed by atoms with Crippen molar-refractivity contribution in [1.82, 2.24) is 25.5 Å². The Kier molecular flexibility index (Phi) is 5.90. The zero-order valence-electron chi connectivity index (χ0n) is 17.1. The number of benzene rings is 1. The van der Waals surface area contributed by atoms with Gasteiger partial charge in [-0.2, -0.15) is 5.10 Å². The third-order valence-electron chi connectivity index (χ3n) is 4.83. The van der Waals surface area contributed by atoms with E-state index < -0.39 is 19.3 Å². The van der Waals surface area contributed by atoms with Crippen LogP contribution in [-0.2, 0) is 11.1 Å². The highest BCUT2D eigenvalue weighted by atomic mass is 31.2. The molecule has 12 heteroatoms. The Balaban J connectivity index is 1.44. The van der Waals surface area contributed by atoms with Crippen LogP contribution in [0.2, 0.25) is 0 Å². The molecule has 1 aromatic carbocycles. The van der Waals surface area contributed by atoms with E-state index in [1.807, 2.05) is 0 Å². The third-order valence-corrected chi connectivity index (χ3v) is 7.34. The number of carbonyl (C=O) groups is 1. The fourth-order valence-corrected chi connectivity index (χ4v) is 4.78. The second kappa shape index (κ2) is 8.67. The first-order valence-corrected chi connectivity index (χ1v) is 11.7. The molecule has 0 spiro atoms. The van der Waals surface area contributed by atoms with Crippen molar-refractivity contribution < 1.29 is 27.3 Å². The number of halogens is 3. The average molecular weight is 475 g/mol. The normalized spacial score (nSPS) is 13.5. The SMILES string of the molecule is CP(=O)(c1ccc(CNC(=O)c2cnc3[nH]ncc3c2)nc1)c1cccc(OC(F)(F)F)c1. The number of ether oxygens (including phenoxy) is 1. The van der Waals surface area contributed by atoms with E-state index in [2.05, 4.69) is 30.2 Å². The van der Waals surface area contributed by atoms with Crippen LogP contribution in [-0.4, -0.2) is 39.1 Å². The van der Waals surface area contributed by atoms with Crippen molar-refractivity contribution in [2.45, 2.75) is 12.9 Å². The van der Waals surface area contributed by atoms with Gasteiger partial charge in [0.1, 0.15) is 12.9 Å². The molecule has 1 unspecified atom stereocenters. The zero-order chi connectivity index (χ0) is 23.6. The summed E-state index contributed by atoms with van der Waals surface area (Å²) in [6.07, 6.45) is -0.466. The fourth-order valence-electron chi connectivity index (χ4n) is 3.10. The number of nitrogens with one attached hydrogen (secondary N) is 2. The number of rotatable bonds is 6. The van der Waals surface area contributed by atoms with Crippen LogP contribution in [0.5, 0.6) is 5.75 Å². The number of H-pyrrole nitrogens is 1. The van der Waals surface area contributed by atoms with E-state index in [0.717, 1.165) is 12.1 Å². The van der Waals surface area contributed by atoms with Gasteiger partial charge in [-0.05, 0) is 37.0 Å². The van der Waals surface area contributed by atoms with Crippen molar-refractivity contribution in [3.8, 4) is 5.75 Å². The molecule has 0 bridgehead atoms. The maximum Gasteiger partial charge on any atom is 0.573 e. The monoisotopic (exact) mass is 475 g/mol. The Bertz CT molecular complexity index is 1360. The second-order valence-corrected chi connectivity index (χ2v) is 10.1. The highest BCUT2D eigenvalue weighted by Crippen LogP contribution is 2.39. The summed E-state index contributed by atoms with van der Waals surface area (Å²) in [5.74, 6) is -0.795. The minimum Gasteiger partial charge on any atom is -0.406 e. The Morgan fingerprint density at radius 1 is 1.09 bits per heavy atom. The predicted molar refractivity (Wildman–Crippen MR) is 115 cm³/mol. The Hall–Kier alpha value is -3.72. The molecule has 0 fully saturated rings. The number of fused-ring (bicyclic) bond motifs is 1. The first-order valence-electron chi connectivity index (χ1n) is 9.58. The molecule has 170 valence electrons. The summed E-state index contributed by atoms with van der Waals surface area (Å²) in [6, 6.07) is 9.89. The van der Waals surface area contributed by atoms with Crippen LogP contribution >= 0.6 is 7.14 Å². The van der Waals surface area contributed by atoms with Gasteiger partial charge in [0.15, 0.2) is 5.65 Å². The lowest BCUT2D eigenvalue weighted by Crippen LogP contribution is -2.24. The van der Waals surface area contributed by atoms with Gasteiger partial charge in [-0.25, -0.2) is 4.98 Å². The van der Waals surface area contributed by atoms with Crippen LogP contribution in [0.15, 0.2) is 61.1 Å². The molecule has 4 rings (SSSR count). The summed E-state index contributed by atoms with van der Waals surface area (Å²) in [4.78, 5) is 20.7. The van der Waals surface area contributed by atoms with Gasteiger partial charge in [-0.3, -0.25) is 14.9 Å². The lowest BCUT2D eigenvalue weighted by atomic mass is 10.2. The molecule has 0 saturated heterocycles. The molecule has 3 aromatic heterocycles. The number of carbonyl (C=O) groups excluding carboxylic acids is 1. The van der Waals surface area contributed by atoms with Crippen molar-refractivity contribution in [1.29, 1.82) is 0 Å². The molecular formula is C21H17F3N5O3P. The van der Waals surface area contributed by atoms with Gasteiger partial charge in [0.05, 0.1) is 24.0 Å². The summed E-state index contributed by atoms with van der Waals surface area (Å²) >= 11 is 0. The van der Waals surface area contributed by atoms with E-state index in [9.17, 15) is 22.5 Å². The number of amides is 1. The molecule has 4 aromatic rings. The van der Waals surface area contributed by atoms with Gasteiger partial charge in [0.2, 0.25) is 0 Å². The topological polar surface area (TPSA) is 110 Å². The Morgan fingerprint density at radius 3 is 2.64 bits per heavy atom. The van der Waals surface area contributed by atoms with Crippen molar-refractivity contribution >= 4 is 34.7 Å². The summed E-state index contributed by atoms with van der Waals surface area (Å²) in [6.45, 7) is 1.56. The smallest absolute Gasteiger partial charge is 0.406 e. The quantitative estimate of drug-likeness (QED) is 0.415. The number of nitrogens with zero attached hydrogens (tertiary/aromatic N) is 3. The maximum absolute atomic E-state index is 13.3. The lowest BCUT2D eigenvalue weighted by Gasteiger charge is -2.16. The molecule has 0 aliphatic rings. The molecule has 0 radical (unpaired) electrons. The highest BCUT2D eigenvalue weighted by Gasteiger charge is 2.32. The summed E-state index contributed by atoms with van der Waals surface area (Å²) in [5, 5.41) is 10.5. The molecule has 0 aliphatic heterocycles. The maximum atomic E-state index is 13.3. The van der Waals surface area contributed by atoms with E-state index in [1.54, 1.807) is 24.4 Å². The van der Waals surface area contributed by atoms with Crippen LogP contribution in [0.1, 0.15) is 16.1 Å². The average Bonchev–Trinajstić information content (AvgIpc) is 3.25. The van der Waals surface area contributed by atoms with Gasteiger partial charge < -0.3 is 14.6 Å². The number of aromatic amines is 1. The van der Waals surface area contributed by atoms with E-state index in [0.29, 0.717) is 27.6 Å². The van der Waals surface area contributed by atoms with Crippen molar-refractivity contribution in [2.24, 2.45) is 0 Å². The van der Waals surface area contributed by atoms with Gasteiger partial charge in [-0.15, -0.1) is 13.2 Å². The molecule has 3 heterocycles. The van der Waals surface area contributed by atoms with Gasteiger partial charge in [-0.1, -0.05) is 12.1 Å². The highest BCUT2D eigenvalue weighted by molar-refractivity contribution is 7.78. The number of hydrogen-bond acceptors (Lipinski definition) is 6. The molecule has 0 saturated carbocycles. The number of hydrogen-bond donors (Lipinski definition) is 2. The van der Waals surface area contributed by atoms with Crippen molar-refractivity contribution in [3.05, 3.63) is 72.3 Å². The van der Waals surface area contributed by atoms with E-state index >= 15 is 0 Å². The van der Waals surface area contributed by atoms with Crippen molar-refractivity contribution in [3.63, 3.8) is 0 Å². The second-order valence-electron chi connectivity index (χ2n) is 7.19. The van der Waals surface area contributed by atoms with E-state index in [1.165, 1.54) is 31.2 Å². The van der Waals surface area contributed by atoms with Gasteiger partial charge >= 0.3 is 6.36 Å². The summed E-state index contributed by atoms with van der Waals surface area (Å²) < 4.78 is 54.7. The fraction of sp³-hybridized carbons (Fsp3) is 0.143. The first-order chi connectivity index (χ1) is 15.6. The molecule has 2 N–H and O–H groups in total. The van der Waals surface area contributed by atoms with Crippen LogP contribution < -0.4 is 20.7 Å². The Labute approximate surface area is 185 Å². The largest absolute Gasteiger partial charge is 0.573 e. The molecule has 1 amide bonds. The summed E-state index contributed by atoms with van der Waals surface area (Å²) in [7, 11) is -3.23. The van der Waals surface area contributed by atoms with E-state index in [4.69, 9.17) is 0 Å². The minimum atomic E-state index is -4.84. The van der Waals surface area contributed by atoms with Crippen LogP contribution in [0.4, 0.5) is 13.2 Å². The van der Waals surface area contributed by atoms with E-state index in [-0.39, 0.29) is 17.8 Å². The number of alkyl halides is 3. The standard InChI is InChI=1S/C21H17F3N5O3P/c1-33(31,17-4-2-3-16(8-17)32-21(22,23)24)18-6-5-15(25-12-18)11-27-20(30)14-7-13-10-28-29-19(13)26-9-14/h2-10,12H,11H2,1H3,(H,27,30)(H,26,28,29). The predicted octanol–water partition coefficient (Wildman–Crippen LogP) is 3.13. The van der Waals surface area contributed by atoms with Gasteiger partial charge in [0, 0.05) is 28.4 Å². The molecule has 33 heavy (non-hydrogen) atoms. The molecule has 8 nitrogen and oxygen atoms in total. The van der Waals surface area contributed by atoms with Gasteiger partial charge in [0.25, 0.3) is 5.91 Å². The zero-order valence-corrected chi connectivity index (χ0v) is 18.0. The third kappa shape index (κ3) is 5.20. The summed E-state index contributed by atoms with van der Waals surface area (Å²) in [5.41, 5.74) is 1.45. The lowest BCUT2D eigenvalue weighted by molar-refractivity contribution is -0.274. The van der Waals surface area contributed by atoms with Crippen molar-refractivity contribution in [2.75, 3.05) is 6.66 Å².